The highest BCUT2D eigenvalue weighted by Gasteiger charge is 2.44. The average Bonchev–Trinajstić information content (AvgIpc) is 2.89. The van der Waals surface area contributed by atoms with Gasteiger partial charge in [-0.2, -0.15) is 0 Å². The van der Waals surface area contributed by atoms with E-state index in [1.807, 2.05) is 95.3 Å². The number of alkyl carbamates (subject to hydrolysis) is 1. The Balaban J connectivity index is 2.12. The van der Waals surface area contributed by atoms with Crippen molar-refractivity contribution in [2.75, 3.05) is 11.9 Å². The summed E-state index contributed by atoms with van der Waals surface area (Å²) in [6.45, 7) is 14.0. The largest absolute Gasteiger partial charge is 0.444 e. The van der Waals surface area contributed by atoms with Gasteiger partial charge in [-0.1, -0.05) is 55.5 Å². The molecule has 3 N–H and O–H groups in total. The first kappa shape index (κ1) is 31.6. The Morgan fingerprint density at radius 2 is 1.51 bits per heavy atom. The number of hydrogen-bond donors (Lipinski definition) is 3. The van der Waals surface area contributed by atoms with Gasteiger partial charge >= 0.3 is 6.09 Å². The number of fused-ring (bicyclic) bond motifs is 1. The summed E-state index contributed by atoms with van der Waals surface area (Å²) in [4.78, 5) is 42.7. The number of nitrogens with zero attached hydrogens (tertiary/aromatic N) is 1. The zero-order valence-electron chi connectivity index (χ0n) is 25.4. The van der Waals surface area contributed by atoms with Gasteiger partial charge in [0.05, 0.1) is 6.61 Å². The molecule has 220 valence electrons. The van der Waals surface area contributed by atoms with Gasteiger partial charge in [0.25, 0.3) is 5.91 Å². The SMILES string of the molecule is CCC(C)(C)N(C(=O)C(CO)NC(=O)OC(C)(C)C)C(C(=O)Nc1ccc2ccccc2c1)c1c(C)cccc1C. The van der Waals surface area contributed by atoms with Crippen LogP contribution in [0, 0.1) is 13.8 Å². The van der Waals surface area contributed by atoms with E-state index in [1.165, 1.54) is 4.90 Å². The molecule has 2 unspecified atom stereocenters. The number of aliphatic hydroxyl groups excluding tert-OH is 1. The van der Waals surface area contributed by atoms with Gasteiger partial charge in [0.2, 0.25) is 5.91 Å². The van der Waals surface area contributed by atoms with Crippen molar-refractivity contribution in [3.63, 3.8) is 0 Å². The lowest BCUT2D eigenvalue weighted by molar-refractivity contribution is -0.148. The van der Waals surface area contributed by atoms with Crippen LogP contribution in [0.1, 0.15) is 70.7 Å². The molecular weight excluding hydrogens is 518 g/mol. The summed E-state index contributed by atoms with van der Waals surface area (Å²) in [7, 11) is 0. The minimum atomic E-state index is -1.32. The Labute approximate surface area is 243 Å². The highest BCUT2D eigenvalue weighted by molar-refractivity contribution is 6.01. The van der Waals surface area contributed by atoms with Crippen molar-refractivity contribution in [3.8, 4) is 0 Å². The van der Waals surface area contributed by atoms with Gasteiger partial charge in [-0.25, -0.2) is 4.79 Å². The maximum Gasteiger partial charge on any atom is 0.408 e. The van der Waals surface area contributed by atoms with Gasteiger partial charge in [0.1, 0.15) is 17.7 Å². The smallest absolute Gasteiger partial charge is 0.408 e. The van der Waals surface area contributed by atoms with E-state index >= 15 is 0 Å². The van der Waals surface area contributed by atoms with Crippen LogP contribution < -0.4 is 10.6 Å². The predicted octanol–water partition coefficient (Wildman–Crippen LogP) is 6.04. The van der Waals surface area contributed by atoms with Crippen molar-refractivity contribution in [1.29, 1.82) is 0 Å². The number of benzene rings is 3. The number of ether oxygens (including phenoxy) is 1. The maximum atomic E-state index is 14.3. The van der Waals surface area contributed by atoms with Crippen LogP contribution in [0.15, 0.2) is 60.7 Å². The second-order valence-electron chi connectivity index (χ2n) is 12.0. The fourth-order valence-electron chi connectivity index (χ4n) is 4.86. The van der Waals surface area contributed by atoms with Crippen LogP contribution in [0.25, 0.3) is 10.8 Å². The minimum absolute atomic E-state index is 0.401. The van der Waals surface area contributed by atoms with E-state index in [2.05, 4.69) is 10.6 Å². The van der Waals surface area contributed by atoms with E-state index in [-0.39, 0.29) is 0 Å². The first-order valence-electron chi connectivity index (χ1n) is 14.0. The molecule has 2 atom stereocenters. The fourth-order valence-corrected chi connectivity index (χ4v) is 4.86. The van der Waals surface area contributed by atoms with Gasteiger partial charge in [-0.15, -0.1) is 0 Å². The van der Waals surface area contributed by atoms with Gasteiger partial charge in [0, 0.05) is 11.2 Å². The van der Waals surface area contributed by atoms with Gasteiger partial charge < -0.3 is 25.4 Å². The molecule has 0 fully saturated rings. The van der Waals surface area contributed by atoms with Crippen molar-refractivity contribution in [2.24, 2.45) is 0 Å². The summed E-state index contributed by atoms with van der Waals surface area (Å²) in [5, 5.41) is 17.8. The number of anilines is 1. The number of aryl methyl sites for hydroxylation is 2. The third-order valence-electron chi connectivity index (χ3n) is 7.27. The summed E-state index contributed by atoms with van der Waals surface area (Å²) in [5.74, 6) is -0.993. The molecule has 0 radical (unpaired) electrons. The van der Waals surface area contributed by atoms with E-state index in [1.54, 1.807) is 20.8 Å². The Morgan fingerprint density at radius 3 is 2.07 bits per heavy atom. The number of carbonyl (C=O) groups is 3. The first-order valence-corrected chi connectivity index (χ1v) is 14.0. The molecule has 0 saturated heterocycles. The number of carbonyl (C=O) groups excluding carboxylic acids is 3. The van der Waals surface area contributed by atoms with Crippen LogP contribution in [0.5, 0.6) is 0 Å². The summed E-state index contributed by atoms with van der Waals surface area (Å²) in [5.41, 5.74) is 1.34. The van der Waals surface area contributed by atoms with Gasteiger partial charge in [0.15, 0.2) is 0 Å². The number of aliphatic hydroxyl groups is 1. The number of nitrogens with one attached hydrogen (secondary N) is 2. The van der Waals surface area contributed by atoms with Crippen LogP contribution in [-0.4, -0.2) is 51.7 Å². The highest BCUT2D eigenvalue weighted by atomic mass is 16.6. The summed E-state index contributed by atoms with van der Waals surface area (Å²) in [6.07, 6.45) is -0.322. The lowest BCUT2D eigenvalue weighted by Crippen LogP contribution is -2.60. The standard InChI is InChI=1S/C33H43N3O5/c1-9-33(7,8)36(30(39)26(20-37)35-31(40)41-32(4,5)6)28(27-21(2)13-12-14-22(27)3)29(38)34-25-18-17-23-15-10-11-16-24(23)19-25/h10-19,26,28,37H,9,20H2,1-8H3,(H,34,38)(H,35,40). The van der Waals surface area contributed by atoms with E-state index < -0.39 is 47.7 Å². The van der Waals surface area contributed by atoms with E-state index in [0.717, 1.165) is 21.9 Å². The zero-order chi connectivity index (χ0) is 30.5. The molecule has 0 aliphatic carbocycles. The molecule has 8 heteroatoms. The zero-order valence-corrected chi connectivity index (χ0v) is 25.4. The van der Waals surface area contributed by atoms with Crippen molar-refractivity contribution < 1.29 is 24.2 Å². The lowest BCUT2D eigenvalue weighted by atomic mass is 9.88. The molecule has 8 nitrogen and oxygen atoms in total. The van der Waals surface area contributed by atoms with Crippen LogP contribution >= 0.6 is 0 Å². The quantitative estimate of drug-likeness (QED) is 0.295. The second kappa shape index (κ2) is 12.7. The molecule has 0 spiro atoms. The highest BCUT2D eigenvalue weighted by Crippen LogP contribution is 2.36. The molecule has 0 heterocycles. The molecule has 3 rings (SSSR count). The predicted molar refractivity (Wildman–Crippen MR) is 163 cm³/mol. The number of amides is 3. The van der Waals surface area contributed by atoms with E-state index in [0.29, 0.717) is 17.7 Å². The summed E-state index contributed by atoms with van der Waals surface area (Å²) < 4.78 is 5.35. The lowest BCUT2D eigenvalue weighted by Gasteiger charge is -2.45. The topological polar surface area (TPSA) is 108 Å². The van der Waals surface area contributed by atoms with Crippen molar-refractivity contribution >= 4 is 34.4 Å². The van der Waals surface area contributed by atoms with Crippen molar-refractivity contribution in [2.45, 2.75) is 85.0 Å². The van der Waals surface area contributed by atoms with Crippen molar-refractivity contribution in [3.05, 3.63) is 77.4 Å². The molecule has 0 bridgehead atoms. The molecule has 3 amide bonds. The minimum Gasteiger partial charge on any atom is -0.444 e. The fraction of sp³-hybridized carbons (Fsp3) is 0.424. The van der Waals surface area contributed by atoms with Gasteiger partial charge in [-0.05, 0) is 94.5 Å². The summed E-state index contributed by atoms with van der Waals surface area (Å²) in [6, 6.07) is 16.9. The van der Waals surface area contributed by atoms with Crippen LogP contribution in [0.4, 0.5) is 10.5 Å². The number of rotatable bonds is 9. The number of hydrogen-bond acceptors (Lipinski definition) is 5. The van der Waals surface area contributed by atoms with Gasteiger partial charge in [-0.3, -0.25) is 9.59 Å². The Hall–Kier alpha value is -3.91. The third-order valence-corrected chi connectivity index (χ3v) is 7.27. The van der Waals surface area contributed by atoms with Crippen LogP contribution in [-0.2, 0) is 14.3 Å². The molecule has 0 aromatic heterocycles. The molecule has 0 saturated carbocycles. The maximum absolute atomic E-state index is 14.3. The molecule has 3 aromatic carbocycles. The third kappa shape index (κ3) is 7.64. The second-order valence-corrected chi connectivity index (χ2v) is 12.0. The molecule has 0 aliphatic heterocycles. The van der Waals surface area contributed by atoms with Crippen LogP contribution in [0.3, 0.4) is 0 Å². The normalized spacial score (nSPS) is 13.3. The molecule has 3 aromatic rings. The Morgan fingerprint density at radius 1 is 0.902 bits per heavy atom. The van der Waals surface area contributed by atoms with E-state index in [9.17, 15) is 19.5 Å². The van der Waals surface area contributed by atoms with Crippen LogP contribution in [0.2, 0.25) is 0 Å². The molecule has 41 heavy (non-hydrogen) atoms. The Kier molecular flexibility index (Phi) is 9.81. The summed E-state index contributed by atoms with van der Waals surface area (Å²) >= 11 is 0. The average molecular weight is 562 g/mol. The van der Waals surface area contributed by atoms with E-state index in [4.69, 9.17) is 4.74 Å². The Bertz CT molecular complexity index is 1390. The van der Waals surface area contributed by atoms with Crippen molar-refractivity contribution in [1.82, 2.24) is 10.2 Å². The first-order chi connectivity index (χ1) is 19.2. The monoisotopic (exact) mass is 561 g/mol. The molecular formula is C33H43N3O5. The molecule has 0 aliphatic rings.